The summed E-state index contributed by atoms with van der Waals surface area (Å²) in [5.41, 5.74) is 1.71. The number of amides is 3. The molecule has 3 amide bonds. The van der Waals surface area contributed by atoms with E-state index in [0.29, 0.717) is 36.0 Å². The van der Waals surface area contributed by atoms with Crippen LogP contribution < -0.4 is 10.2 Å². The van der Waals surface area contributed by atoms with Crippen molar-refractivity contribution in [2.45, 2.75) is 43.1 Å². The lowest BCUT2D eigenvalue weighted by Crippen LogP contribution is -2.51. The lowest BCUT2D eigenvalue weighted by Gasteiger charge is -2.34. The van der Waals surface area contributed by atoms with Crippen molar-refractivity contribution in [3.05, 3.63) is 42.4 Å². The molecule has 0 atom stereocenters. The summed E-state index contributed by atoms with van der Waals surface area (Å²) in [4.78, 5) is 33.4. The van der Waals surface area contributed by atoms with Crippen LogP contribution in [0.3, 0.4) is 0 Å². The summed E-state index contributed by atoms with van der Waals surface area (Å²) in [7, 11) is 0. The molecule has 1 saturated heterocycles. The van der Waals surface area contributed by atoms with Crippen molar-refractivity contribution >= 4 is 51.8 Å². The van der Waals surface area contributed by atoms with Gasteiger partial charge >= 0.3 is 6.03 Å². The number of nitrogens with zero attached hydrogens (tertiary/aromatic N) is 3. The Balaban J connectivity index is 1.40. The smallest absolute Gasteiger partial charge is 0.322 e. The number of carbonyl (C=O) groups excluding carboxylic acids is 2. The first-order valence-electron chi connectivity index (χ1n) is 9.94. The van der Waals surface area contributed by atoms with E-state index in [1.807, 2.05) is 32.0 Å². The molecule has 30 heavy (non-hydrogen) atoms. The Bertz CT molecular complexity index is 1040. The number of likely N-dealkylation sites (tertiary alicyclic amines) is 1. The van der Waals surface area contributed by atoms with Gasteiger partial charge in [-0.3, -0.25) is 9.69 Å². The zero-order chi connectivity index (χ0) is 21.3. The highest BCUT2D eigenvalue weighted by molar-refractivity contribution is 7.82. The van der Waals surface area contributed by atoms with Crippen LogP contribution in [-0.4, -0.2) is 47.0 Å². The topological polar surface area (TPSA) is 78.7 Å². The van der Waals surface area contributed by atoms with Crippen LogP contribution in [-0.2, 0) is 0 Å². The van der Waals surface area contributed by atoms with Crippen LogP contribution in [0, 0.1) is 0 Å². The van der Waals surface area contributed by atoms with Gasteiger partial charge in [-0.2, -0.15) is 0 Å². The zero-order valence-corrected chi connectivity index (χ0v) is 18.6. The Labute approximate surface area is 184 Å². The number of nitrogens with one attached hydrogen (secondary N) is 1. The van der Waals surface area contributed by atoms with Crippen LogP contribution in [0.4, 0.5) is 10.5 Å². The predicted octanol–water partition coefficient (Wildman–Crippen LogP) is 4.41. The number of rotatable bonds is 4. The van der Waals surface area contributed by atoms with Crippen LogP contribution in [0.5, 0.6) is 0 Å². The fraction of sp³-hybridized carbons (Fsp3) is 0.381. The van der Waals surface area contributed by atoms with E-state index in [2.05, 4.69) is 22.9 Å². The van der Waals surface area contributed by atoms with Gasteiger partial charge in [-0.05, 0) is 57.0 Å². The summed E-state index contributed by atoms with van der Waals surface area (Å²) in [5, 5.41) is 3.14. The predicted molar refractivity (Wildman–Crippen MR) is 121 cm³/mol. The summed E-state index contributed by atoms with van der Waals surface area (Å²) in [6, 6.07) is 9.09. The Morgan fingerprint density at radius 1 is 1.30 bits per heavy atom. The number of urea groups is 1. The monoisotopic (exact) mass is 444 g/mol. The van der Waals surface area contributed by atoms with Crippen molar-refractivity contribution in [1.82, 2.24) is 15.2 Å². The average Bonchev–Trinajstić information content (AvgIpc) is 3.36. The maximum atomic E-state index is 13.1. The first-order valence-corrected chi connectivity index (χ1v) is 11.2. The molecule has 1 N–H and O–H groups in total. The molecule has 2 aromatic heterocycles. The second-order valence-electron chi connectivity index (χ2n) is 7.61. The quantitative estimate of drug-likeness (QED) is 0.585. The van der Waals surface area contributed by atoms with Gasteiger partial charge in [0.15, 0.2) is 5.76 Å². The highest BCUT2D eigenvalue weighted by Gasteiger charge is 2.28. The molecule has 1 aromatic carbocycles. The Morgan fingerprint density at radius 3 is 2.73 bits per heavy atom. The van der Waals surface area contributed by atoms with Crippen LogP contribution in [0.15, 0.2) is 45.4 Å². The first-order chi connectivity index (χ1) is 14.4. The normalized spacial score (nSPS) is 15.0. The number of benzene rings is 1. The van der Waals surface area contributed by atoms with Crippen molar-refractivity contribution in [3.63, 3.8) is 0 Å². The van der Waals surface area contributed by atoms with Crippen molar-refractivity contribution < 1.29 is 14.0 Å². The molecule has 0 spiro atoms. The number of piperidine rings is 1. The third-order valence-corrected chi connectivity index (χ3v) is 6.41. The molecule has 0 unspecified atom stereocenters. The molecule has 9 heteroatoms. The van der Waals surface area contributed by atoms with E-state index >= 15 is 0 Å². The third kappa shape index (κ3) is 4.32. The van der Waals surface area contributed by atoms with Gasteiger partial charge in [0.1, 0.15) is 4.34 Å². The summed E-state index contributed by atoms with van der Waals surface area (Å²) < 4.78 is 6.91. The van der Waals surface area contributed by atoms with E-state index in [4.69, 9.17) is 4.42 Å². The number of furan rings is 1. The number of thiol groups is 1. The van der Waals surface area contributed by atoms with Crippen molar-refractivity contribution in [1.29, 1.82) is 0 Å². The summed E-state index contributed by atoms with van der Waals surface area (Å²) in [6.07, 6.45) is 2.92. The van der Waals surface area contributed by atoms with Gasteiger partial charge in [-0.25, -0.2) is 9.78 Å². The number of hydrogen-bond donors (Lipinski definition) is 2. The SMILES string of the molecule is CC(C)N(C(=O)NC1CCN(C(=O)c2ccco2)CC1)c1ccc2nc(S)sc2c1. The number of carbonyl (C=O) groups is 2. The van der Waals surface area contributed by atoms with E-state index in [0.717, 1.165) is 15.9 Å². The van der Waals surface area contributed by atoms with Gasteiger partial charge in [0.05, 0.1) is 16.5 Å². The molecule has 7 nitrogen and oxygen atoms in total. The number of fused-ring (bicyclic) bond motifs is 1. The number of anilines is 1. The van der Waals surface area contributed by atoms with E-state index in [-0.39, 0.29) is 24.0 Å². The molecule has 0 saturated carbocycles. The molecule has 0 bridgehead atoms. The summed E-state index contributed by atoms with van der Waals surface area (Å²) in [5.74, 6) is 0.251. The van der Waals surface area contributed by atoms with Gasteiger partial charge in [-0.15, -0.1) is 24.0 Å². The largest absolute Gasteiger partial charge is 0.459 e. The lowest BCUT2D eigenvalue weighted by atomic mass is 10.0. The maximum Gasteiger partial charge on any atom is 0.322 e. The molecule has 158 valence electrons. The van der Waals surface area contributed by atoms with Crippen molar-refractivity contribution in [2.24, 2.45) is 0 Å². The molecule has 0 radical (unpaired) electrons. The van der Waals surface area contributed by atoms with Gasteiger partial charge in [0.2, 0.25) is 0 Å². The van der Waals surface area contributed by atoms with E-state index in [9.17, 15) is 9.59 Å². The second-order valence-corrected chi connectivity index (χ2v) is 9.36. The molecule has 1 fully saturated rings. The van der Waals surface area contributed by atoms with Gasteiger partial charge in [-0.1, -0.05) is 0 Å². The van der Waals surface area contributed by atoms with Crippen LogP contribution >= 0.6 is 24.0 Å². The molecule has 0 aliphatic carbocycles. The number of aromatic nitrogens is 1. The Hall–Kier alpha value is -2.52. The lowest BCUT2D eigenvalue weighted by molar-refractivity contribution is 0.0676. The van der Waals surface area contributed by atoms with Crippen molar-refractivity contribution in [2.75, 3.05) is 18.0 Å². The van der Waals surface area contributed by atoms with E-state index in [1.54, 1.807) is 21.9 Å². The van der Waals surface area contributed by atoms with Crippen LogP contribution in [0.1, 0.15) is 37.2 Å². The molecule has 3 heterocycles. The van der Waals surface area contributed by atoms with Crippen LogP contribution in [0.25, 0.3) is 10.2 Å². The molecule has 4 rings (SSSR count). The summed E-state index contributed by atoms with van der Waals surface area (Å²) >= 11 is 5.81. The fourth-order valence-electron chi connectivity index (χ4n) is 3.73. The molecule has 1 aliphatic heterocycles. The van der Waals surface area contributed by atoms with Gasteiger partial charge in [0.25, 0.3) is 5.91 Å². The van der Waals surface area contributed by atoms with Crippen molar-refractivity contribution in [3.8, 4) is 0 Å². The van der Waals surface area contributed by atoms with Crippen LogP contribution in [0.2, 0.25) is 0 Å². The Morgan fingerprint density at radius 2 is 2.07 bits per heavy atom. The van der Waals surface area contributed by atoms with Gasteiger partial charge in [0, 0.05) is 30.9 Å². The highest BCUT2D eigenvalue weighted by Crippen LogP contribution is 2.29. The zero-order valence-electron chi connectivity index (χ0n) is 16.9. The van der Waals surface area contributed by atoms with E-state index in [1.165, 1.54) is 17.6 Å². The first kappa shape index (κ1) is 20.7. The number of thiazole rings is 1. The maximum absolute atomic E-state index is 13.1. The minimum atomic E-state index is -0.129. The minimum absolute atomic E-state index is 0.00790. The summed E-state index contributed by atoms with van der Waals surface area (Å²) in [6.45, 7) is 5.16. The van der Waals surface area contributed by atoms with E-state index < -0.39 is 0 Å². The average molecular weight is 445 g/mol. The second kappa shape index (κ2) is 8.69. The molecule has 1 aliphatic rings. The third-order valence-electron chi connectivity index (χ3n) is 5.22. The highest BCUT2D eigenvalue weighted by atomic mass is 32.2. The number of hydrogen-bond acceptors (Lipinski definition) is 6. The standard InChI is InChI=1S/C21H24N4O3S2/c1-13(2)25(15-5-6-16-18(12-15)30-21(29)23-16)20(27)22-14-7-9-24(10-8-14)19(26)17-4-3-11-28-17/h3-6,11-14H,7-10H2,1-2H3,(H,22,27)(H,23,29). The van der Waals surface area contributed by atoms with Gasteiger partial charge < -0.3 is 14.6 Å². The molecular weight excluding hydrogens is 420 g/mol. The molecular formula is C21H24N4O3S2. The Kier molecular flexibility index (Phi) is 6.01. The minimum Gasteiger partial charge on any atom is -0.459 e. The fourth-order valence-corrected chi connectivity index (χ4v) is 4.87. The molecule has 3 aromatic rings.